The highest BCUT2D eigenvalue weighted by molar-refractivity contribution is 6.45. The van der Waals surface area contributed by atoms with Crippen LogP contribution < -0.4 is 4.74 Å². The Balaban J connectivity index is 1.27. The van der Waals surface area contributed by atoms with Crippen molar-refractivity contribution in [2.24, 2.45) is 5.92 Å². The summed E-state index contributed by atoms with van der Waals surface area (Å²) in [4.78, 5) is 53.6. The molecule has 1 saturated carbocycles. The Morgan fingerprint density at radius 2 is 1.86 bits per heavy atom. The van der Waals surface area contributed by atoms with E-state index in [4.69, 9.17) is 4.74 Å². The number of piperazine rings is 1. The number of pyridine rings is 1. The van der Waals surface area contributed by atoms with Crippen molar-refractivity contribution in [2.45, 2.75) is 38.5 Å². The SMILES string of the molecule is COc1cnc(-n2cncn2)c2[nH]cc(C(=O)C(=O)N3CCN(C(=O)CCC4CCCC4)CC3)c12. The second-order valence-corrected chi connectivity index (χ2v) is 9.13. The fourth-order valence-electron chi connectivity index (χ4n) is 5.13. The van der Waals surface area contributed by atoms with E-state index in [0.717, 1.165) is 6.42 Å². The Morgan fingerprint density at radius 1 is 1.11 bits per heavy atom. The van der Waals surface area contributed by atoms with Crippen LogP contribution in [0.15, 0.2) is 25.0 Å². The van der Waals surface area contributed by atoms with E-state index in [2.05, 4.69) is 20.1 Å². The molecule has 3 aromatic heterocycles. The lowest BCUT2D eigenvalue weighted by Crippen LogP contribution is -2.52. The number of nitrogens with zero attached hydrogens (tertiary/aromatic N) is 6. The Bertz CT molecular complexity index is 1220. The number of fused-ring (bicyclic) bond motifs is 1. The van der Waals surface area contributed by atoms with E-state index in [-0.39, 0.29) is 11.5 Å². The summed E-state index contributed by atoms with van der Waals surface area (Å²) >= 11 is 0. The third-order valence-corrected chi connectivity index (χ3v) is 7.11. The van der Waals surface area contributed by atoms with E-state index in [0.29, 0.717) is 61.0 Å². The number of hydrogen-bond donors (Lipinski definition) is 1. The largest absolute Gasteiger partial charge is 0.494 e. The van der Waals surface area contributed by atoms with Gasteiger partial charge in [-0.3, -0.25) is 14.4 Å². The third-order valence-electron chi connectivity index (χ3n) is 7.11. The highest BCUT2D eigenvalue weighted by atomic mass is 16.5. The van der Waals surface area contributed by atoms with E-state index in [1.807, 2.05) is 4.90 Å². The lowest BCUT2D eigenvalue weighted by atomic mass is 10.0. The van der Waals surface area contributed by atoms with Crippen LogP contribution in [-0.4, -0.2) is 85.4 Å². The number of ketones is 1. The van der Waals surface area contributed by atoms with Gasteiger partial charge in [0.25, 0.3) is 11.7 Å². The van der Waals surface area contributed by atoms with Crippen molar-refractivity contribution in [3.63, 3.8) is 0 Å². The normalized spacial score (nSPS) is 16.7. The molecule has 0 bridgehead atoms. The number of aromatic amines is 1. The Hall–Kier alpha value is -3.76. The Kier molecular flexibility index (Phi) is 6.47. The van der Waals surface area contributed by atoms with Gasteiger partial charge in [-0.05, 0) is 12.3 Å². The van der Waals surface area contributed by atoms with E-state index in [1.165, 1.54) is 67.4 Å². The van der Waals surface area contributed by atoms with Gasteiger partial charge in [0.2, 0.25) is 5.91 Å². The minimum atomic E-state index is -0.633. The summed E-state index contributed by atoms with van der Waals surface area (Å²) in [5, 5.41) is 4.57. The van der Waals surface area contributed by atoms with Crippen LogP contribution in [-0.2, 0) is 9.59 Å². The van der Waals surface area contributed by atoms with Crippen molar-refractivity contribution in [2.75, 3.05) is 33.3 Å². The molecule has 0 unspecified atom stereocenters. The Morgan fingerprint density at radius 3 is 2.54 bits per heavy atom. The van der Waals surface area contributed by atoms with Crippen LogP contribution in [0.4, 0.5) is 0 Å². The first kappa shape index (κ1) is 23.0. The number of methoxy groups -OCH3 is 1. The van der Waals surface area contributed by atoms with Gasteiger partial charge in [-0.2, -0.15) is 5.10 Å². The molecule has 1 aliphatic heterocycles. The van der Waals surface area contributed by atoms with Crippen molar-refractivity contribution in [3.05, 3.63) is 30.6 Å². The summed E-state index contributed by atoms with van der Waals surface area (Å²) in [6.07, 6.45) is 12.4. The monoisotopic (exact) mass is 479 g/mol. The summed E-state index contributed by atoms with van der Waals surface area (Å²) in [6.45, 7) is 1.57. The predicted molar refractivity (Wildman–Crippen MR) is 126 cm³/mol. The van der Waals surface area contributed by atoms with Gasteiger partial charge in [0.05, 0.1) is 29.8 Å². The number of ether oxygens (including phenoxy) is 1. The van der Waals surface area contributed by atoms with Crippen LogP contribution in [0.3, 0.4) is 0 Å². The van der Waals surface area contributed by atoms with Gasteiger partial charge in [-0.25, -0.2) is 14.6 Å². The van der Waals surface area contributed by atoms with E-state index in [9.17, 15) is 14.4 Å². The molecule has 0 atom stereocenters. The van der Waals surface area contributed by atoms with Crippen LogP contribution >= 0.6 is 0 Å². The standard InChI is InChI=1S/C24H29N7O4/c1-35-18-13-27-23(31-15-25-14-28-31)21-20(18)17(12-26-21)22(33)24(34)30-10-8-29(9-11-30)19(32)7-6-16-4-2-3-5-16/h12-16,26H,2-11H2,1H3. The first-order valence-corrected chi connectivity index (χ1v) is 12.1. The summed E-state index contributed by atoms with van der Waals surface area (Å²) in [7, 11) is 1.48. The van der Waals surface area contributed by atoms with Crippen LogP contribution in [0, 0.1) is 5.92 Å². The van der Waals surface area contributed by atoms with Crippen molar-refractivity contribution < 1.29 is 19.1 Å². The highest BCUT2D eigenvalue weighted by Crippen LogP contribution is 2.32. The Labute approximate surface area is 202 Å². The molecule has 0 spiro atoms. The maximum atomic E-state index is 13.2. The molecule has 1 aliphatic carbocycles. The smallest absolute Gasteiger partial charge is 0.295 e. The molecule has 2 fully saturated rings. The third kappa shape index (κ3) is 4.50. The number of amides is 2. The average molecular weight is 480 g/mol. The van der Waals surface area contributed by atoms with Gasteiger partial charge < -0.3 is 19.5 Å². The number of nitrogens with one attached hydrogen (secondary N) is 1. The molecule has 1 saturated heterocycles. The predicted octanol–water partition coefficient (Wildman–Crippen LogP) is 1.98. The second kappa shape index (κ2) is 9.85. The summed E-state index contributed by atoms with van der Waals surface area (Å²) in [6, 6.07) is 0. The molecular formula is C24H29N7O4. The second-order valence-electron chi connectivity index (χ2n) is 9.13. The number of aromatic nitrogens is 5. The van der Waals surface area contributed by atoms with E-state index < -0.39 is 11.7 Å². The summed E-state index contributed by atoms with van der Waals surface area (Å²) in [5.41, 5.74) is 0.726. The van der Waals surface area contributed by atoms with Crippen molar-refractivity contribution >= 4 is 28.5 Å². The molecule has 2 amide bonds. The van der Waals surface area contributed by atoms with Crippen LogP contribution in [0.2, 0.25) is 0 Å². The quantitative estimate of drug-likeness (QED) is 0.406. The molecule has 11 heteroatoms. The highest BCUT2D eigenvalue weighted by Gasteiger charge is 2.31. The molecule has 0 radical (unpaired) electrons. The zero-order valence-electron chi connectivity index (χ0n) is 19.8. The number of H-pyrrole nitrogens is 1. The summed E-state index contributed by atoms with van der Waals surface area (Å²) in [5.74, 6) is 0.405. The number of hydrogen-bond acceptors (Lipinski definition) is 7. The average Bonchev–Trinajstić information content (AvgIpc) is 3.68. The minimum Gasteiger partial charge on any atom is -0.494 e. The van der Waals surface area contributed by atoms with Crippen molar-refractivity contribution in [3.8, 4) is 11.6 Å². The number of carbonyl (C=O) groups is 3. The molecule has 4 heterocycles. The first-order valence-electron chi connectivity index (χ1n) is 12.1. The minimum absolute atomic E-state index is 0.143. The number of carbonyl (C=O) groups excluding carboxylic acids is 3. The number of Topliss-reactive ketones (excluding diaryl/α,β-unsaturated/α-hetero) is 1. The van der Waals surface area contributed by atoms with Gasteiger partial charge in [0.1, 0.15) is 18.4 Å². The van der Waals surface area contributed by atoms with Crippen LogP contribution in [0.25, 0.3) is 16.7 Å². The lowest BCUT2D eigenvalue weighted by molar-refractivity contribution is -0.137. The number of rotatable bonds is 7. The maximum Gasteiger partial charge on any atom is 0.295 e. The zero-order chi connectivity index (χ0) is 24.4. The van der Waals surface area contributed by atoms with Gasteiger partial charge in [-0.1, -0.05) is 25.7 Å². The topological polar surface area (TPSA) is 126 Å². The zero-order valence-corrected chi connectivity index (χ0v) is 19.8. The maximum absolute atomic E-state index is 13.2. The first-order chi connectivity index (χ1) is 17.1. The molecule has 5 rings (SSSR count). The molecule has 184 valence electrons. The van der Waals surface area contributed by atoms with Gasteiger partial charge in [0.15, 0.2) is 5.82 Å². The molecule has 3 aromatic rings. The lowest BCUT2D eigenvalue weighted by Gasteiger charge is -2.34. The molecule has 1 N–H and O–H groups in total. The fraction of sp³-hybridized carbons (Fsp3) is 0.500. The van der Waals surface area contributed by atoms with E-state index >= 15 is 0 Å². The summed E-state index contributed by atoms with van der Waals surface area (Å²) < 4.78 is 6.89. The van der Waals surface area contributed by atoms with Gasteiger partial charge >= 0.3 is 0 Å². The van der Waals surface area contributed by atoms with Crippen LogP contribution in [0.5, 0.6) is 5.75 Å². The molecule has 35 heavy (non-hydrogen) atoms. The van der Waals surface area contributed by atoms with Crippen LogP contribution in [0.1, 0.15) is 48.9 Å². The fourth-order valence-corrected chi connectivity index (χ4v) is 5.13. The van der Waals surface area contributed by atoms with Gasteiger partial charge in [-0.15, -0.1) is 0 Å². The molecule has 2 aliphatic rings. The van der Waals surface area contributed by atoms with E-state index in [1.54, 1.807) is 0 Å². The van der Waals surface area contributed by atoms with Crippen molar-refractivity contribution in [1.82, 2.24) is 34.5 Å². The molecule has 0 aromatic carbocycles. The molecular weight excluding hydrogens is 450 g/mol. The van der Waals surface area contributed by atoms with Gasteiger partial charge in [0, 0.05) is 38.8 Å². The molecule has 11 nitrogen and oxygen atoms in total. The van der Waals surface area contributed by atoms with Crippen molar-refractivity contribution in [1.29, 1.82) is 0 Å².